The SMILES string of the molecule is CCC1CC1(O)CCc1ccccc1C. The molecule has 1 aliphatic carbocycles. The average Bonchev–Trinajstić information content (AvgIpc) is 2.89. The van der Waals surface area contributed by atoms with E-state index in [9.17, 15) is 5.11 Å². The molecule has 0 spiro atoms. The maximum absolute atomic E-state index is 10.1. The van der Waals surface area contributed by atoms with E-state index >= 15 is 0 Å². The Labute approximate surface area is 92.1 Å². The standard InChI is InChI=1S/C14H20O/c1-3-13-10-14(13,15)9-8-12-7-5-4-6-11(12)2/h4-7,13,15H,3,8-10H2,1-2H3. The zero-order valence-corrected chi connectivity index (χ0v) is 9.66. The van der Waals surface area contributed by atoms with Crippen LogP contribution in [0.3, 0.4) is 0 Å². The molecule has 1 aromatic rings. The van der Waals surface area contributed by atoms with Crippen LogP contribution in [0.4, 0.5) is 0 Å². The molecule has 2 unspecified atom stereocenters. The molecular weight excluding hydrogens is 184 g/mol. The summed E-state index contributed by atoms with van der Waals surface area (Å²) in [6.45, 7) is 4.31. The summed E-state index contributed by atoms with van der Waals surface area (Å²) in [6.07, 6.45) is 4.07. The number of aryl methyl sites for hydroxylation is 2. The van der Waals surface area contributed by atoms with Gasteiger partial charge in [0.1, 0.15) is 0 Å². The molecule has 1 nitrogen and oxygen atoms in total. The van der Waals surface area contributed by atoms with Crippen molar-refractivity contribution in [2.24, 2.45) is 5.92 Å². The van der Waals surface area contributed by atoms with E-state index in [2.05, 4.69) is 38.1 Å². The summed E-state index contributed by atoms with van der Waals surface area (Å²) in [5.41, 5.74) is 2.39. The van der Waals surface area contributed by atoms with E-state index < -0.39 is 0 Å². The Morgan fingerprint density at radius 2 is 2.13 bits per heavy atom. The van der Waals surface area contributed by atoms with E-state index in [0.717, 1.165) is 25.7 Å². The van der Waals surface area contributed by atoms with E-state index in [4.69, 9.17) is 0 Å². The van der Waals surface area contributed by atoms with Gasteiger partial charge < -0.3 is 5.11 Å². The van der Waals surface area contributed by atoms with E-state index in [1.54, 1.807) is 0 Å². The smallest absolute Gasteiger partial charge is 0.0683 e. The Morgan fingerprint density at radius 3 is 2.73 bits per heavy atom. The predicted molar refractivity (Wildman–Crippen MR) is 62.8 cm³/mol. The normalized spacial score (nSPS) is 29.1. The summed E-state index contributed by atoms with van der Waals surface area (Å²) < 4.78 is 0. The van der Waals surface area contributed by atoms with Gasteiger partial charge in [0.25, 0.3) is 0 Å². The molecule has 0 aliphatic heterocycles. The highest BCUT2D eigenvalue weighted by Crippen LogP contribution is 2.48. The highest BCUT2D eigenvalue weighted by atomic mass is 16.3. The first-order valence-electron chi connectivity index (χ1n) is 5.92. The average molecular weight is 204 g/mol. The van der Waals surface area contributed by atoms with Crippen LogP contribution >= 0.6 is 0 Å². The minimum Gasteiger partial charge on any atom is -0.390 e. The van der Waals surface area contributed by atoms with Crippen molar-refractivity contribution in [1.29, 1.82) is 0 Å². The van der Waals surface area contributed by atoms with Gasteiger partial charge >= 0.3 is 0 Å². The Balaban J connectivity index is 1.92. The summed E-state index contributed by atoms with van der Waals surface area (Å²) in [5.74, 6) is 0.557. The predicted octanol–water partition coefficient (Wildman–Crippen LogP) is 3.09. The number of hydrogen-bond donors (Lipinski definition) is 1. The largest absolute Gasteiger partial charge is 0.390 e. The summed E-state index contributed by atoms with van der Waals surface area (Å²) in [7, 11) is 0. The summed E-state index contributed by atoms with van der Waals surface area (Å²) in [6, 6.07) is 8.46. The van der Waals surface area contributed by atoms with Gasteiger partial charge in [-0.1, -0.05) is 37.6 Å². The van der Waals surface area contributed by atoms with Crippen molar-refractivity contribution in [3.8, 4) is 0 Å². The third-order valence-electron chi connectivity index (χ3n) is 3.78. The first kappa shape index (κ1) is 10.7. The van der Waals surface area contributed by atoms with Gasteiger partial charge in [0.05, 0.1) is 5.60 Å². The van der Waals surface area contributed by atoms with E-state index in [-0.39, 0.29) is 5.60 Å². The molecule has 0 aromatic heterocycles. The molecule has 2 rings (SSSR count). The molecule has 1 fully saturated rings. The maximum Gasteiger partial charge on any atom is 0.0683 e. The van der Waals surface area contributed by atoms with Crippen LogP contribution in [0.25, 0.3) is 0 Å². The molecule has 1 aromatic carbocycles. The van der Waals surface area contributed by atoms with Gasteiger partial charge in [-0.2, -0.15) is 0 Å². The van der Waals surface area contributed by atoms with Crippen molar-refractivity contribution in [3.63, 3.8) is 0 Å². The van der Waals surface area contributed by atoms with Gasteiger partial charge in [0.2, 0.25) is 0 Å². The zero-order chi connectivity index (χ0) is 10.9. The van der Waals surface area contributed by atoms with Crippen molar-refractivity contribution in [3.05, 3.63) is 35.4 Å². The van der Waals surface area contributed by atoms with Crippen molar-refractivity contribution in [2.75, 3.05) is 0 Å². The molecule has 1 aliphatic rings. The summed E-state index contributed by atoms with van der Waals surface area (Å²) >= 11 is 0. The molecule has 0 radical (unpaired) electrons. The van der Waals surface area contributed by atoms with E-state index in [1.807, 2.05) is 0 Å². The van der Waals surface area contributed by atoms with Gasteiger partial charge in [-0.15, -0.1) is 0 Å². The first-order valence-corrected chi connectivity index (χ1v) is 5.92. The number of rotatable bonds is 4. The van der Waals surface area contributed by atoms with Crippen LogP contribution < -0.4 is 0 Å². The van der Waals surface area contributed by atoms with Gasteiger partial charge in [0, 0.05) is 0 Å². The van der Waals surface area contributed by atoms with Crippen molar-refractivity contribution in [2.45, 2.75) is 45.1 Å². The van der Waals surface area contributed by atoms with Crippen molar-refractivity contribution < 1.29 is 5.11 Å². The van der Waals surface area contributed by atoms with Crippen LogP contribution in [0.2, 0.25) is 0 Å². The highest BCUT2D eigenvalue weighted by Gasteiger charge is 2.50. The Kier molecular flexibility index (Phi) is 2.83. The van der Waals surface area contributed by atoms with Crippen LogP contribution in [0, 0.1) is 12.8 Å². The van der Waals surface area contributed by atoms with Crippen LogP contribution in [0.5, 0.6) is 0 Å². The topological polar surface area (TPSA) is 20.2 Å². The fourth-order valence-electron chi connectivity index (χ4n) is 2.44. The van der Waals surface area contributed by atoms with E-state index in [1.165, 1.54) is 11.1 Å². The van der Waals surface area contributed by atoms with Gasteiger partial charge in [-0.05, 0) is 43.2 Å². The Hall–Kier alpha value is -0.820. The van der Waals surface area contributed by atoms with Crippen LogP contribution in [0.15, 0.2) is 24.3 Å². The molecule has 1 heteroatoms. The third-order valence-corrected chi connectivity index (χ3v) is 3.78. The van der Waals surface area contributed by atoms with Gasteiger partial charge in [-0.3, -0.25) is 0 Å². The second kappa shape index (κ2) is 3.97. The Morgan fingerprint density at radius 1 is 1.40 bits per heavy atom. The second-order valence-corrected chi connectivity index (χ2v) is 4.84. The van der Waals surface area contributed by atoms with Crippen molar-refractivity contribution >= 4 is 0 Å². The quantitative estimate of drug-likeness (QED) is 0.799. The summed E-state index contributed by atoms with van der Waals surface area (Å²) in [5, 5.41) is 10.1. The van der Waals surface area contributed by atoms with Gasteiger partial charge in [-0.25, -0.2) is 0 Å². The molecule has 0 heterocycles. The van der Waals surface area contributed by atoms with Crippen molar-refractivity contribution in [1.82, 2.24) is 0 Å². The Bertz CT molecular complexity index is 345. The molecule has 0 amide bonds. The summed E-state index contributed by atoms with van der Waals surface area (Å²) in [4.78, 5) is 0. The maximum atomic E-state index is 10.1. The third kappa shape index (κ3) is 2.23. The fraction of sp³-hybridized carbons (Fsp3) is 0.571. The van der Waals surface area contributed by atoms with E-state index in [0.29, 0.717) is 5.92 Å². The zero-order valence-electron chi connectivity index (χ0n) is 9.66. The molecule has 0 bridgehead atoms. The fourth-order valence-corrected chi connectivity index (χ4v) is 2.44. The minimum atomic E-state index is -0.336. The lowest BCUT2D eigenvalue weighted by molar-refractivity contribution is 0.120. The van der Waals surface area contributed by atoms with Crippen LogP contribution in [-0.2, 0) is 6.42 Å². The molecule has 15 heavy (non-hydrogen) atoms. The molecule has 0 saturated heterocycles. The van der Waals surface area contributed by atoms with Crippen LogP contribution in [0.1, 0.15) is 37.3 Å². The molecule has 1 N–H and O–H groups in total. The first-order chi connectivity index (χ1) is 7.15. The number of aliphatic hydroxyl groups is 1. The lowest BCUT2D eigenvalue weighted by Crippen LogP contribution is -2.12. The highest BCUT2D eigenvalue weighted by molar-refractivity contribution is 5.26. The molecular formula is C14H20O. The molecule has 2 atom stereocenters. The van der Waals surface area contributed by atoms with Gasteiger partial charge in [0.15, 0.2) is 0 Å². The molecule has 82 valence electrons. The molecule has 1 saturated carbocycles. The minimum absolute atomic E-state index is 0.336. The lowest BCUT2D eigenvalue weighted by Gasteiger charge is -2.11. The second-order valence-electron chi connectivity index (χ2n) is 4.84. The van der Waals surface area contributed by atoms with Crippen LogP contribution in [-0.4, -0.2) is 10.7 Å². The number of hydrogen-bond acceptors (Lipinski definition) is 1. The lowest BCUT2D eigenvalue weighted by atomic mass is 10.00. The monoisotopic (exact) mass is 204 g/mol. The number of benzene rings is 1.